The predicted octanol–water partition coefficient (Wildman–Crippen LogP) is 1.77. The molecule has 7 nitrogen and oxygen atoms in total. The average Bonchev–Trinajstić information content (AvgIpc) is 2.72. The molecule has 7 heteroatoms. The largest absolute Gasteiger partial charge is 0.497 e. The molecule has 0 heterocycles. The number of anilines is 2. The lowest BCUT2D eigenvalue weighted by Gasteiger charge is -2.23. The molecular weight excluding hydrogens is 370 g/mol. The number of quaternary nitrogens is 1. The molecule has 0 bridgehead atoms. The van der Waals surface area contributed by atoms with Crippen LogP contribution in [0.2, 0.25) is 0 Å². The third kappa shape index (κ3) is 6.43. The maximum Gasteiger partial charge on any atom is 0.282 e. The van der Waals surface area contributed by atoms with Crippen LogP contribution in [0, 0.1) is 0 Å². The lowest BCUT2D eigenvalue weighted by atomic mass is 10.1. The van der Waals surface area contributed by atoms with Gasteiger partial charge in [-0.1, -0.05) is 0 Å². The molecule has 0 radical (unpaired) electrons. The Morgan fingerprint density at radius 2 is 1.52 bits per heavy atom. The molecular formula is C22H28N3O4+. The SMILES string of the molecule is CC[NH+](CC(=O)Nc1ccc(OC)cc1)[C@H](C)C(=O)Nc1ccc(C(C)=O)cc1. The first-order chi connectivity index (χ1) is 13.8. The molecule has 2 aromatic carbocycles. The molecule has 29 heavy (non-hydrogen) atoms. The lowest BCUT2D eigenvalue weighted by molar-refractivity contribution is -0.904. The van der Waals surface area contributed by atoms with E-state index in [1.165, 1.54) is 6.92 Å². The Kier molecular flexibility index (Phi) is 7.91. The summed E-state index contributed by atoms with van der Waals surface area (Å²) >= 11 is 0. The van der Waals surface area contributed by atoms with Crippen LogP contribution >= 0.6 is 0 Å². The van der Waals surface area contributed by atoms with Crippen LogP contribution in [0.1, 0.15) is 31.1 Å². The molecule has 3 N–H and O–H groups in total. The Morgan fingerprint density at radius 3 is 2.03 bits per heavy atom. The number of carbonyl (C=O) groups excluding carboxylic acids is 3. The zero-order chi connectivity index (χ0) is 21.4. The molecule has 0 aliphatic carbocycles. The monoisotopic (exact) mass is 398 g/mol. The summed E-state index contributed by atoms with van der Waals surface area (Å²) in [6.45, 7) is 6.00. The van der Waals surface area contributed by atoms with Crippen molar-refractivity contribution in [2.24, 2.45) is 0 Å². The summed E-state index contributed by atoms with van der Waals surface area (Å²) in [5, 5.41) is 5.68. The van der Waals surface area contributed by atoms with Crippen LogP contribution in [-0.2, 0) is 9.59 Å². The molecule has 0 aromatic heterocycles. The predicted molar refractivity (Wildman–Crippen MR) is 113 cm³/mol. The van der Waals surface area contributed by atoms with Crippen molar-refractivity contribution >= 4 is 29.0 Å². The van der Waals surface area contributed by atoms with E-state index in [4.69, 9.17) is 4.74 Å². The van der Waals surface area contributed by atoms with Crippen LogP contribution in [-0.4, -0.2) is 43.8 Å². The van der Waals surface area contributed by atoms with E-state index in [2.05, 4.69) is 10.6 Å². The number of hydrogen-bond acceptors (Lipinski definition) is 4. The van der Waals surface area contributed by atoms with E-state index in [0.29, 0.717) is 29.2 Å². The van der Waals surface area contributed by atoms with Gasteiger partial charge >= 0.3 is 0 Å². The molecule has 0 saturated carbocycles. The summed E-state index contributed by atoms with van der Waals surface area (Å²) in [6.07, 6.45) is 0. The highest BCUT2D eigenvalue weighted by Gasteiger charge is 2.26. The summed E-state index contributed by atoms with van der Waals surface area (Å²) in [6, 6.07) is 13.4. The van der Waals surface area contributed by atoms with E-state index in [0.717, 1.165) is 4.90 Å². The van der Waals surface area contributed by atoms with Crippen molar-refractivity contribution in [1.29, 1.82) is 0 Å². The number of methoxy groups -OCH3 is 1. The second-order valence-electron chi connectivity index (χ2n) is 6.81. The number of benzene rings is 2. The molecule has 1 unspecified atom stereocenters. The first-order valence-corrected chi connectivity index (χ1v) is 9.54. The standard InChI is InChI=1S/C22H27N3O4/c1-5-25(14-21(27)23-18-10-12-20(29-4)13-11-18)15(2)22(28)24-19-8-6-17(7-9-19)16(3)26/h6-13,15H,5,14H2,1-4H3,(H,23,27)(H,24,28)/p+1/t15-/m1/s1. The minimum absolute atomic E-state index is 0.0271. The zero-order valence-electron chi connectivity index (χ0n) is 17.2. The van der Waals surface area contributed by atoms with Crippen LogP contribution in [0.4, 0.5) is 11.4 Å². The van der Waals surface area contributed by atoms with Gasteiger partial charge in [0.1, 0.15) is 5.75 Å². The van der Waals surface area contributed by atoms with E-state index in [-0.39, 0.29) is 24.1 Å². The number of ketones is 1. The van der Waals surface area contributed by atoms with Crippen LogP contribution in [0.25, 0.3) is 0 Å². The molecule has 0 saturated heterocycles. The quantitative estimate of drug-likeness (QED) is 0.562. The van der Waals surface area contributed by atoms with Crippen molar-refractivity contribution in [3.63, 3.8) is 0 Å². The normalized spacial score (nSPS) is 12.6. The van der Waals surface area contributed by atoms with Crippen molar-refractivity contribution in [3.8, 4) is 5.75 Å². The van der Waals surface area contributed by atoms with Crippen molar-refractivity contribution in [1.82, 2.24) is 0 Å². The first kappa shape index (κ1) is 22.1. The van der Waals surface area contributed by atoms with Gasteiger partial charge in [0.05, 0.1) is 13.7 Å². The number of amides is 2. The van der Waals surface area contributed by atoms with Gasteiger partial charge in [0.15, 0.2) is 18.4 Å². The topological polar surface area (TPSA) is 88.9 Å². The molecule has 154 valence electrons. The van der Waals surface area contributed by atoms with E-state index < -0.39 is 6.04 Å². The third-order valence-corrected chi connectivity index (χ3v) is 4.78. The number of nitrogens with one attached hydrogen (secondary N) is 3. The van der Waals surface area contributed by atoms with Gasteiger partial charge in [-0.2, -0.15) is 0 Å². The van der Waals surface area contributed by atoms with E-state index in [9.17, 15) is 14.4 Å². The number of ether oxygens (including phenoxy) is 1. The fourth-order valence-corrected chi connectivity index (χ4v) is 2.89. The second kappa shape index (κ2) is 10.4. The smallest absolute Gasteiger partial charge is 0.282 e. The molecule has 2 aromatic rings. The van der Waals surface area contributed by atoms with E-state index in [1.54, 1.807) is 62.6 Å². The van der Waals surface area contributed by atoms with Gasteiger partial charge in [0.2, 0.25) is 0 Å². The second-order valence-corrected chi connectivity index (χ2v) is 6.81. The van der Waals surface area contributed by atoms with Gasteiger partial charge in [0, 0.05) is 16.9 Å². The summed E-state index contributed by atoms with van der Waals surface area (Å²) < 4.78 is 5.10. The molecule has 2 amide bonds. The summed E-state index contributed by atoms with van der Waals surface area (Å²) in [4.78, 5) is 37.2. The van der Waals surface area contributed by atoms with Gasteiger partial charge in [-0.3, -0.25) is 14.4 Å². The number of likely N-dealkylation sites (N-methyl/N-ethyl adjacent to an activating group) is 1. The molecule has 2 atom stereocenters. The minimum atomic E-state index is -0.422. The number of hydrogen-bond donors (Lipinski definition) is 3. The van der Waals surface area contributed by atoms with Gasteiger partial charge in [-0.15, -0.1) is 0 Å². The molecule has 0 spiro atoms. The molecule has 0 aliphatic heterocycles. The van der Waals surface area contributed by atoms with Gasteiger partial charge in [-0.25, -0.2) is 0 Å². The van der Waals surface area contributed by atoms with Crippen LogP contribution < -0.4 is 20.3 Å². The fourth-order valence-electron chi connectivity index (χ4n) is 2.89. The summed E-state index contributed by atoms with van der Waals surface area (Å²) in [5.41, 5.74) is 1.88. The van der Waals surface area contributed by atoms with E-state index >= 15 is 0 Å². The van der Waals surface area contributed by atoms with Gasteiger partial charge < -0.3 is 20.3 Å². The number of carbonyl (C=O) groups is 3. The van der Waals surface area contributed by atoms with Crippen LogP contribution in [0.15, 0.2) is 48.5 Å². The van der Waals surface area contributed by atoms with E-state index in [1.807, 2.05) is 6.92 Å². The summed E-state index contributed by atoms with van der Waals surface area (Å²) in [7, 11) is 1.58. The maximum atomic E-state index is 12.6. The Morgan fingerprint density at radius 1 is 0.966 bits per heavy atom. The molecule has 0 aliphatic rings. The van der Waals surface area contributed by atoms with Gasteiger partial charge in [0.25, 0.3) is 11.8 Å². The maximum absolute atomic E-state index is 12.6. The van der Waals surface area contributed by atoms with Crippen LogP contribution in [0.5, 0.6) is 5.75 Å². The highest BCUT2D eigenvalue weighted by molar-refractivity contribution is 5.97. The van der Waals surface area contributed by atoms with Gasteiger partial charge in [-0.05, 0) is 69.3 Å². The van der Waals surface area contributed by atoms with Crippen molar-refractivity contribution < 1.29 is 24.0 Å². The van der Waals surface area contributed by atoms with Crippen molar-refractivity contribution in [2.45, 2.75) is 26.8 Å². The first-order valence-electron chi connectivity index (χ1n) is 9.54. The van der Waals surface area contributed by atoms with Crippen molar-refractivity contribution in [2.75, 3.05) is 30.8 Å². The Labute approximate surface area is 171 Å². The Hall–Kier alpha value is -3.19. The Bertz CT molecular complexity index is 847. The highest BCUT2D eigenvalue weighted by atomic mass is 16.5. The summed E-state index contributed by atoms with van der Waals surface area (Å²) in [5.74, 6) is 0.332. The fraction of sp³-hybridized carbons (Fsp3) is 0.318. The number of Topliss-reactive ketones (excluding diaryl/α,β-unsaturated/α-hetero) is 1. The lowest BCUT2D eigenvalue weighted by Crippen LogP contribution is -3.17. The van der Waals surface area contributed by atoms with Crippen LogP contribution in [0.3, 0.4) is 0 Å². The highest BCUT2D eigenvalue weighted by Crippen LogP contribution is 2.14. The minimum Gasteiger partial charge on any atom is -0.497 e. The third-order valence-electron chi connectivity index (χ3n) is 4.78. The number of rotatable bonds is 9. The zero-order valence-corrected chi connectivity index (χ0v) is 17.2. The Balaban J connectivity index is 1.93. The average molecular weight is 398 g/mol. The molecule has 0 fully saturated rings. The van der Waals surface area contributed by atoms with Crippen molar-refractivity contribution in [3.05, 3.63) is 54.1 Å². The molecule has 2 rings (SSSR count).